The van der Waals surface area contributed by atoms with Crippen molar-refractivity contribution in [2.45, 2.75) is 67.2 Å². The first-order valence-electron chi connectivity index (χ1n) is 7.43. The van der Waals surface area contributed by atoms with Crippen molar-refractivity contribution in [2.75, 3.05) is 0 Å². The predicted octanol–water partition coefficient (Wildman–Crippen LogP) is 5.38. The first-order chi connectivity index (χ1) is 7.43. The van der Waals surface area contributed by atoms with Gasteiger partial charge in [0, 0.05) is 0 Å². The summed E-state index contributed by atoms with van der Waals surface area (Å²) >= 11 is 0. The van der Waals surface area contributed by atoms with Crippen LogP contribution in [0.4, 0.5) is 0 Å². The fraction of sp³-hybridized carbons (Fsp3) is 1.00. The minimum atomic E-state index is 0.905. The Kier molecular flexibility index (Phi) is 5.34. The van der Waals surface area contributed by atoms with Crippen molar-refractivity contribution in [1.29, 1.82) is 0 Å². The Morgan fingerprint density at radius 2 is 0.812 bits per heavy atom. The van der Waals surface area contributed by atoms with Crippen LogP contribution in [0.15, 0.2) is 0 Å². The van der Waals surface area contributed by atoms with Gasteiger partial charge >= 0.3 is 0 Å². The van der Waals surface area contributed by atoms with E-state index in [4.69, 9.17) is 0 Å². The highest BCUT2D eigenvalue weighted by Gasteiger charge is 2.29. The molecule has 2 rings (SSSR count). The molecule has 2 aliphatic rings. The van der Waals surface area contributed by atoms with Crippen LogP contribution in [0.25, 0.3) is 0 Å². The van der Waals surface area contributed by atoms with Crippen LogP contribution in [0, 0.1) is 35.5 Å². The van der Waals surface area contributed by atoms with Crippen molar-refractivity contribution in [1.82, 2.24) is 0 Å². The molecule has 0 amide bonds. The molecule has 0 aromatic carbocycles. The van der Waals surface area contributed by atoms with Crippen molar-refractivity contribution in [3.8, 4) is 0 Å². The van der Waals surface area contributed by atoms with Crippen LogP contribution < -0.4 is 0 Å². The average molecular weight is 224 g/mol. The van der Waals surface area contributed by atoms with Gasteiger partial charge in [0.1, 0.15) is 0 Å². The summed E-state index contributed by atoms with van der Waals surface area (Å²) < 4.78 is 0. The van der Waals surface area contributed by atoms with Gasteiger partial charge in [-0.15, -0.1) is 0 Å². The summed E-state index contributed by atoms with van der Waals surface area (Å²) in [5, 5.41) is 0. The van der Waals surface area contributed by atoms with Gasteiger partial charge in [0.25, 0.3) is 0 Å². The highest BCUT2D eigenvalue weighted by atomic mass is 14.3. The largest absolute Gasteiger partial charge is 0.0625 e. The topological polar surface area (TPSA) is 0 Å². The van der Waals surface area contributed by atoms with E-state index in [1.54, 1.807) is 0 Å². The van der Waals surface area contributed by atoms with Crippen molar-refractivity contribution >= 4 is 0 Å². The zero-order valence-electron chi connectivity index (χ0n) is 12.3. The fourth-order valence-electron chi connectivity index (χ4n) is 2.33. The molecule has 2 aliphatic carbocycles. The molecule has 0 heteroatoms. The maximum Gasteiger partial charge on any atom is -0.0386 e. The lowest BCUT2D eigenvalue weighted by atomic mass is 9.93. The van der Waals surface area contributed by atoms with Gasteiger partial charge in [-0.25, -0.2) is 0 Å². The second kappa shape index (κ2) is 6.07. The van der Waals surface area contributed by atoms with E-state index in [9.17, 15) is 0 Å². The highest BCUT2D eigenvalue weighted by Crippen LogP contribution is 2.40. The van der Waals surface area contributed by atoms with Crippen LogP contribution in [-0.2, 0) is 0 Å². The lowest BCUT2D eigenvalue weighted by molar-refractivity contribution is 0.372. The van der Waals surface area contributed by atoms with Crippen LogP contribution >= 0.6 is 0 Å². The Labute approximate surface area is 103 Å². The molecular weight excluding hydrogens is 192 g/mol. The summed E-state index contributed by atoms with van der Waals surface area (Å²) in [4.78, 5) is 0. The lowest BCUT2D eigenvalue weighted by Crippen LogP contribution is -2.04. The maximum atomic E-state index is 2.38. The summed E-state index contributed by atoms with van der Waals surface area (Å²) in [5.74, 6) is 5.96. The molecule has 16 heavy (non-hydrogen) atoms. The maximum absolute atomic E-state index is 2.38. The molecule has 2 fully saturated rings. The molecule has 2 atom stereocenters. The summed E-state index contributed by atoms with van der Waals surface area (Å²) in [6.07, 6.45) is 6.00. The SMILES string of the molecule is CC(C)[C@@H](C)C1CC1.CC(C)[C@H](C)C1CC1. The van der Waals surface area contributed by atoms with Gasteiger partial charge < -0.3 is 0 Å². The number of rotatable bonds is 4. The first-order valence-corrected chi connectivity index (χ1v) is 7.43. The van der Waals surface area contributed by atoms with Gasteiger partial charge in [-0.05, 0) is 61.2 Å². The van der Waals surface area contributed by atoms with E-state index < -0.39 is 0 Å². The minimum Gasteiger partial charge on any atom is -0.0625 e. The summed E-state index contributed by atoms with van der Waals surface area (Å²) in [6.45, 7) is 14.0. The molecule has 0 aromatic heterocycles. The molecule has 0 unspecified atom stereocenters. The second-order valence-electron chi connectivity index (χ2n) is 6.88. The Hall–Kier alpha value is 0. The predicted molar refractivity (Wildman–Crippen MR) is 73.5 cm³/mol. The molecule has 0 spiro atoms. The molecule has 0 bridgehead atoms. The van der Waals surface area contributed by atoms with E-state index in [1.165, 1.54) is 25.7 Å². The van der Waals surface area contributed by atoms with Crippen LogP contribution in [0.3, 0.4) is 0 Å². The van der Waals surface area contributed by atoms with Gasteiger partial charge in [0.2, 0.25) is 0 Å². The van der Waals surface area contributed by atoms with Gasteiger partial charge in [0.15, 0.2) is 0 Å². The average Bonchev–Trinajstić information content (AvgIpc) is 3.03. The van der Waals surface area contributed by atoms with E-state index in [-0.39, 0.29) is 0 Å². The summed E-state index contributed by atoms with van der Waals surface area (Å²) in [7, 11) is 0. The molecular formula is C16H32. The minimum absolute atomic E-state index is 0.905. The Bertz CT molecular complexity index is 158. The third-order valence-corrected chi connectivity index (χ3v) is 4.83. The van der Waals surface area contributed by atoms with E-state index in [0.717, 1.165) is 35.5 Å². The molecule has 0 saturated heterocycles. The number of hydrogen-bond donors (Lipinski definition) is 0. The molecule has 0 heterocycles. The first kappa shape index (κ1) is 14.1. The van der Waals surface area contributed by atoms with Crippen LogP contribution in [-0.4, -0.2) is 0 Å². The van der Waals surface area contributed by atoms with Gasteiger partial charge in [-0.1, -0.05) is 41.5 Å². The Morgan fingerprint density at radius 3 is 0.875 bits per heavy atom. The van der Waals surface area contributed by atoms with E-state index in [0.29, 0.717) is 0 Å². The molecule has 0 nitrogen and oxygen atoms in total. The van der Waals surface area contributed by atoms with Crippen molar-refractivity contribution in [3.63, 3.8) is 0 Å². The zero-order chi connectivity index (χ0) is 12.3. The standard InChI is InChI=1S/2C8H16/c2*1-6(2)7(3)8-4-5-8/h2*6-8H,4-5H2,1-3H3/t2*7-/m10/s1. The molecule has 2 saturated carbocycles. The number of hydrogen-bond acceptors (Lipinski definition) is 0. The van der Waals surface area contributed by atoms with Gasteiger partial charge in [0.05, 0.1) is 0 Å². The van der Waals surface area contributed by atoms with Crippen LogP contribution in [0.2, 0.25) is 0 Å². The van der Waals surface area contributed by atoms with Crippen LogP contribution in [0.5, 0.6) is 0 Å². The van der Waals surface area contributed by atoms with E-state index >= 15 is 0 Å². The Morgan fingerprint density at radius 1 is 0.562 bits per heavy atom. The molecule has 96 valence electrons. The normalized spacial score (nSPS) is 24.0. The Balaban J connectivity index is 0.000000160. The molecule has 0 radical (unpaired) electrons. The zero-order valence-corrected chi connectivity index (χ0v) is 12.3. The molecule has 0 aliphatic heterocycles. The smallest absolute Gasteiger partial charge is 0.0386 e. The second-order valence-corrected chi connectivity index (χ2v) is 6.88. The third kappa shape index (κ3) is 4.89. The highest BCUT2D eigenvalue weighted by molar-refractivity contribution is 4.80. The molecule has 0 aromatic rings. The third-order valence-electron chi connectivity index (χ3n) is 4.83. The fourth-order valence-corrected chi connectivity index (χ4v) is 2.33. The van der Waals surface area contributed by atoms with Crippen molar-refractivity contribution in [3.05, 3.63) is 0 Å². The van der Waals surface area contributed by atoms with Crippen molar-refractivity contribution < 1.29 is 0 Å². The lowest BCUT2D eigenvalue weighted by Gasteiger charge is -2.12. The summed E-state index contributed by atoms with van der Waals surface area (Å²) in [5.41, 5.74) is 0. The monoisotopic (exact) mass is 224 g/mol. The molecule has 0 N–H and O–H groups in total. The van der Waals surface area contributed by atoms with Gasteiger partial charge in [-0.2, -0.15) is 0 Å². The van der Waals surface area contributed by atoms with Crippen LogP contribution in [0.1, 0.15) is 67.2 Å². The van der Waals surface area contributed by atoms with E-state index in [2.05, 4.69) is 41.5 Å². The summed E-state index contributed by atoms with van der Waals surface area (Å²) in [6, 6.07) is 0. The van der Waals surface area contributed by atoms with E-state index in [1.807, 2.05) is 0 Å². The quantitative estimate of drug-likeness (QED) is 0.601. The van der Waals surface area contributed by atoms with Crippen molar-refractivity contribution in [2.24, 2.45) is 35.5 Å². The van der Waals surface area contributed by atoms with Gasteiger partial charge in [-0.3, -0.25) is 0 Å².